The van der Waals surface area contributed by atoms with Gasteiger partial charge < -0.3 is 15.5 Å². The van der Waals surface area contributed by atoms with E-state index in [2.05, 4.69) is 10.6 Å². The summed E-state index contributed by atoms with van der Waals surface area (Å²) in [7, 11) is 0. The number of hydrogen-bond acceptors (Lipinski definition) is 2. The van der Waals surface area contributed by atoms with Crippen molar-refractivity contribution in [3.8, 4) is 0 Å². The summed E-state index contributed by atoms with van der Waals surface area (Å²) < 4.78 is 13.5. The first-order valence-electron chi connectivity index (χ1n) is 9.71. The van der Waals surface area contributed by atoms with Crippen LogP contribution >= 0.6 is 0 Å². The van der Waals surface area contributed by atoms with Gasteiger partial charge in [-0.25, -0.2) is 9.18 Å². The third kappa shape index (κ3) is 5.70. The number of rotatable bonds is 5. The first-order valence-corrected chi connectivity index (χ1v) is 9.71. The summed E-state index contributed by atoms with van der Waals surface area (Å²) >= 11 is 0. The number of piperidine rings is 1. The Bertz CT molecular complexity index is 554. The summed E-state index contributed by atoms with van der Waals surface area (Å²) in [6.45, 7) is 3.25. The Labute approximate surface area is 150 Å². The number of urea groups is 1. The average Bonchev–Trinajstić information content (AvgIpc) is 2.63. The highest BCUT2D eigenvalue weighted by Gasteiger charge is 2.24. The van der Waals surface area contributed by atoms with Gasteiger partial charge in [0.2, 0.25) is 0 Å². The fourth-order valence-electron chi connectivity index (χ4n) is 3.96. The zero-order valence-corrected chi connectivity index (χ0v) is 15.0. The number of nitrogens with zero attached hydrogens (tertiary/aromatic N) is 1. The van der Waals surface area contributed by atoms with Crippen molar-refractivity contribution < 1.29 is 9.18 Å². The van der Waals surface area contributed by atoms with Crippen molar-refractivity contribution in [1.29, 1.82) is 0 Å². The van der Waals surface area contributed by atoms with Gasteiger partial charge in [0.05, 0.1) is 0 Å². The predicted octanol–water partition coefficient (Wildman–Crippen LogP) is 3.67. The lowest BCUT2D eigenvalue weighted by Crippen LogP contribution is -2.47. The molecule has 2 fully saturated rings. The minimum Gasteiger partial charge on any atom is -0.335 e. The van der Waals surface area contributed by atoms with Gasteiger partial charge in [0, 0.05) is 19.1 Å². The summed E-state index contributed by atoms with van der Waals surface area (Å²) in [5.74, 6) is 0.277. The molecule has 4 nitrogen and oxygen atoms in total. The number of carbonyl (C=O) groups is 1. The van der Waals surface area contributed by atoms with E-state index in [1.165, 1.54) is 31.4 Å². The van der Waals surface area contributed by atoms with Crippen molar-refractivity contribution in [1.82, 2.24) is 15.5 Å². The van der Waals surface area contributed by atoms with Gasteiger partial charge in [0.1, 0.15) is 5.82 Å². The summed E-state index contributed by atoms with van der Waals surface area (Å²) in [5, 5.41) is 6.59. The summed E-state index contributed by atoms with van der Waals surface area (Å²) in [4.78, 5) is 14.8. The zero-order chi connectivity index (χ0) is 17.5. The molecule has 1 aromatic rings. The minimum atomic E-state index is -0.244. The Morgan fingerprint density at radius 2 is 1.92 bits per heavy atom. The second kappa shape index (κ2) is 9.18. The minimum absolute atomic E-state index is 0.00898. The molecule has 0 bridgehead atoms. The van der Waals surface area contributed by atoms with Gasteiger partial charge in [0.15, 0.2) is 0 Å². The van der Waals surface area contributed by atoms with Crippen molar-refractivity contribution in [2.45, 2.75) is 57.5 Å². The lowest BCUT2D eigenvalue weighted by atomic mass is 9.95. The number of amides is 2. The largest absolute Gasteiger partial charge is 0.335 e. The Morgan fingerprint density at radius 1 is 1.16 bits per heavy atom. The van der Waals surface area contributed by atoms with Crippen LogP contribution in [0.1, 0.15) is 50.5 Å². The van der Waals surface area contributed by atoms with Gasteiger partial charge in [-0.1, -0.05) is 31.4 Å². The molecule has 2 amide bonds. The van der Waals surface area contributed by atoms with Gasteiger partial charge in [-0.3, -0.25) is 0 Å². The van der Waals surface area contributed by atoms with Gasteiger partial charge in [-0.05, 0) is 62.4 Å². The zero-order valence-electron chi connectivity index (χ0n) is 15.0. The molecular formula is C20H30FN3O. The first-order chi connectivity index (χ1) is 12.2. The molecule has 1 saturated heterocycles. The molecule has 1 aliphatic carbocycles. The van der Waals surface area contributed by atoms with Crippen molar-refractivity contribution in [3.63, 3.8) is 0 Å². The number of nitrogens with one attached hydrogen (secondary N) is 2. The summed E-state index contributed by atoms with van der Waals surface area (Å²) in [6, 6.07) is 6.89. The van der Waals surface area contributed by atoms with Crippen LogP contribution < -0.4 is 10.6 Å². The van der Waals surface area contributed by atoms with Gasteiger partial charge in [-0.2, -0.15) is 0 Å². The molecule has 2 N–H and O–H groups in total. The molecular weight excluding hydrogens is 317 g/mol. The van der Waals surface area contributed by atoms with Crippen LogP contribution in [0.3, 0.4) is 0 Å². The Morgan fingerprint density at radius 3 is 2.64 bits per heavy atom. The van der Waals surface area contributed by atoms with Crippen LogP contribution in [0.4, 0.5) is 9.18 Å². The van der Waals surface area contributed by atoms with Crippen LogP contribution in [0.15, 0.2) is 24.3 Å². The molecule has 1 heterocycles. The first kappa shape index (κ1) is 18.2. The van der Waals surface area contributed by atoms with Crippen LogP contribution in [0.2, 0.25) is 0 Å². The van der Waals surface area contributed by atoms with Crippen LogP contribution in [0.5, 0.6) is 0 Å². The van der Waals surface area contributed by atoms with Gasteiger partial charge >= 0.3 is 6.03 Å². The van der Waals surface area contributed by atoms with E-state index in [0.717, 1.165) is 50.9 Å². The van der Waals surface area contributed by atoms with Gasteiger partial charge in [0.25, 0.3) is 0 Å². The average molecular weight is 347 g/mol. The number of hydrogen-bond donors (Lipinski definition) is 2. The second-order valence-corrected chi connectivity index (χ2v) is 7.49. The standard InChI is InChI=1S/C20H30FN3O/c21-18-6-4-5-17(13-18)15-24(14-16-9-11-22-12-10-16)20(25)23-19-7-2-1-3-8-19/h4-6,13,16,19,22H,1-3,7-12,14-15H2,(H,23,25). The van der Waals surface area contributed by atoms with E-state index in [1.807, 2.05) is 11.0 Å². The highest BCUT2D eigenvalue weighted by Crippen LogP contribution is 2.19. The summed E-state index contributed by atoms with van der Waals surface area (Å²) in [5.41, 5.74) is 0.854. The van der Waals surface area contributed by atoms with Crippen LogP contribution in [0, 0.1) is 11.7 Å². The van der Waals surface area contributed by atoms with Crippen molar-refractivity contribution >= 4 is 6.03 Å². The molecule has 5 heteroatoms. The second-order valence-electron chi connectivity index (χ2n) is 7.49. The molecule has 0 unspecified atom stereocenters. The van der Waals surface area contributed by atoms with Crippen molar-refractivity contribution in [2.24, 2.45) is 5.92 Å². The topological polar surface area (TPSA) is 44.4 Å². The van der Waals surface area contributed by atoms with E-state index < -0.39 is 0 Å². The molecule has 0 aromatic heterocycles. The maximum absolute atomic E-state index is 13.5. The molecule has 0 radical (unpaired) electrons. The lowest BCUT2D eigenvalue weighted by Gasteiger charge is -2.32. The van der Waals surface area contributed by atoms with E-state index in [0.29, 0.717) is 18.5 Å². The molecule has 0 atom stereocenters. The highest BCUT2D eigenvalue weighted by molar-refractivity contribution is 5.74. The van der Waals surface area contributed by atoms with E-state index in [1.54, 1.807) is 6.07 Å². The number of carbonyl (C=O) groups excluding carboxylic acids is 1. The maximum Gasteiger partial charge on any atom is 0.317 e. The molecule has 2 aliphatic rings. The van der Waals surface area contributed by atoms with E-state index in [4.69, 9.17) is 0 Å². The lowest BCUT2D eigenvalue weighted by molar-refractivity contribution is 0.170. The van der Waals surface area contributed by atoms with Crippen LogP contribution in [0.25, 0.3) is 0 Å². The Hall–Kier alpha value is -1.62. The van der Waals surface area contributed by atoms with Crippen LogP contribution in [-0.4, -0.2) is 36.6 Å². The smallest absolute Gasteiger partial charge is 0.317 e. The fraction of sp³-hybridized carbons (Fsp3) is 0.650. The quantitative estimate of drug-likeness (QED) is 0.853. The normalized spacial score (nSPS) is 19.6. The maximum atomic E-state index is 13.5. The highest BCUT2D eigenvalue weighted by atomic mass is 19.1. The Kier molecular flexibility index (Phi) is 6.68. The monoisotopic (exact) mass is 347 g/mol. The van der Waals surface area contributed by atoms with Crippen molar-refractivity contribution in [2.75, 3.05) is 19.6 Å². The predicted molar refractivity (Wildman–Crippen MR) is 97.8 cm³/mol. The SMILES string of the molecule is O=C(NC1CCCCC1)N(Cc1cccc(F)c1)CC1CCNCC1. The molecule has 0 spiro atoms. The third-order valence-corrected chi connectivity index (χ3v) is 5.42. The van der Waals surface area contributed by atoms with E-state index in [-0.39, 0.29) is 11.8 Å². The van der Waals surface area contributed by atoms with Gasteiger partial charge in [-0.15, -0.1) is 0 Å². The summed E-state index contributed by atoms with van der Waals surface area (Å²) in [6.07, 6.45) is 8.01. The molecule has 3 rings (SSSR count). The van der Waals surface area contributed by atoms with E-state index >= 15 is 0 Å². The molecule has 1 aliphatic heterocycles. The number of benzene rings is 1. The Balaban J connectivity index is 1.64. The molecule has 138 valence electrons. The molecule has 25 heavy (non-hydrogen) atoms. The third-order valence-electron chi connectivity index (χ3n) is 5.42. The fourth-order valence-corrected chi connectivity index (χ4v) is 3.96. The van der Waals surface area contributed by atoms with Crippen LogP contribution in [-0.2, 0) is 6.54 Å². The van der Waals surface area contributed by atoms with E-state index in [9.17, 15) is 9.18 Å². The van der Waals surface area contributed by atoms with Crippen molar-refractivity contribution in [3.05, 3.63) is 35.6 Å². The molecule has 1 aromatic carbocycles. The number of halogens is 1. The molecule has 1 saturated carbocycles.